The lowest BCUT2D eigenvalue weighted by molar-refractivity contribution is -0.410. The van der Waals surface area contributed by atoms with Gasteiger partial charge in [0.2, 0.25) is 0 Å². The minimum atomic E-state index is -2.26. The molecule has 107 heavy (non-hydrogen) atoms. The maximum absolute atomic E-state index is 12.3. The molecular formula is C69H116O38. The van der Waals surface area contributed by atoms with Gasteiger partial charge in [0.15, 0.2) is 49.8 Å². The van der Waals surface area contributed by atoms with Crippen molar-refractivity contribution in [2.45, 2.75) is 325 Å². The van der Waals surface area contributed by atoms with E-state index in [1.165, 1.54) is 6.92 Å². The Balaban J connectivity index is 0.719. The second-order valence-corrected chi connectivity index (χ2v) is 32.5. The fourth-order valence-electron chi connectivity index (χ4n) is 20.1. The van der Waals surface area contributed by atoms with Crippen molar-refractivity contribution in [3.8, 4) is 0 Å². The number of fused-ring (bicyclic) bond motifs is 7. The molecule has 8 saturated heterocycles. The normalized spacial score (nSPS) is 55.5. The van der Waals surface area contributed by atoms with Crippen LogP contribution in [0.25, 0.3) is 0 Å². The van der Waals surface area contributed by atoms with Crippen LogP contribution in [0.2, 0.25) is 0 Å². The number of hydrogen-bond acceptors (Lipinski definition) is 38. The first-order valence-corrected chi connectivity index (χ1v) is 37.7. The second-order valence-electron chi connectivity index (χ2n) is 32.5. The lowest BCUT2D eigenvalue weighted by Gasteiger charge is -2.62. The van der Waals surface area contributed by atoms with Gasteiger partial charge in [0.05, 0.1) is 70.7 Å². The van der Waals surface area contributed by atoms with E-state index in [0.717, 1.165) is 32.1 Å². The molecule has 22 N–H and O–H groups in total. The molecular weight excluding hydrogens is 1440 g/mol. The van der Waals surface area contributed by atoms with E-state index in [0.29, 0.717) is 37.5 Å². The summed E-state index contributed by atoms with van der Waals surface area (Å²) in [7, 11) is 1.67. The first-order chi connectivity index (χ1) is 50.7. The van der Waals surface area contributed by atoms with E-state index in [9.17, 15) is 112 Å². The maximum atomic E-state index is 12.3. The zero-order chi connectivity index (χ0) is 77.5. The average molecular weight is 1550 g/mol. The molecule has 47 atom stereocenters. The van der Waals surface area contributed by atoms with E-state index in [2.05, 4.69) is 20.8 Å². The van der Waals surface area contributed by atoms with Crippen LogP contribution in [0.1, 0.15) is 92.4 Å². The molecule has 620 valence electrons. The van der Waals surface area contributed by atoms with Crippen molar-refractivity contribution in [1.82, 2.24) is 0 Å². The summed E-state index contributed by atoms with van der Waals surface area (Å²) >= 11 is 0. The van der Waals surface area contributed by atoms with Gasteiger partial charge in [0.1, 0.15) is 159 Å². The zero-order valence-electron chi connectivity index (χ0n) is 60.6. The van der Waals surface area contributed by atoms with Crippen LogP contribution in [0.4, 0.5) is 0 Å². The van der Waals surface area contributed by atoms with Crippen LogP contribution in [0.5, 0.6) is 0 Å². The molecule has 0 amide bonds. The van der Waals surface area contributed by atoms with Gasteiger partial charge < -0.3 is 188 Å². The molecule has 0 bridgehead atoms. The van der Waals surface area contributed by atoms with Crippen LogP contribution >= 0.6 is 0 Å². The third kappa shape index (κ3) is 15.9. The van der Waals surface area contributed by atoms with E-state index in [4.69, 9.17) is 75.8 Å². The summed E-state index contributed by atoms with van der Waals surface area (Å²) in [5, 5.41) is 241. The molecule has 4 saturated carbocycles. The minimum Gasteiger partial charge on any atom is -0.394 e. The highest BCUT2D eigenvalue weighted by Crippen LogP contribution is 2.71. The highest BCUT2D eigenvalue weighted by atomic mass is 16.8. The molecule has 8 aliphatic heterocycles. The van der Waals surface area contributed by atoms with Gasteiger partial charge in [-0.15, -0.1) is 0 Å². The van der Waals surface area contributed by atoms with Crippen LogP contribution in [0, 0.1) is 52.3 Å². The highest BCUT2D eigenvalue weighted by molar-refractivity contribution is 5.16. The third-order valence-electron chi connectivity index (χ3n) is 26.4. The van der Waals surface area contributed by atoms with Gasteiger partial charge in [0.25, 0.3) is 0 Å². The van der Waals surface area contributed by atoms with E-state index in [1.54, 1.807) is 7.11 Å². The summed E-state index contributed by atoms with van der Waals surface area (Å²) < 4.78 is 97.3. The van der Waals surface area contributed by atoms with Gasteiger partial charge in [-0.2, -0.15) is 0 Å². The van der Waals surface area contributed by atoms with E-state index < -0.39 is 266 Å². The van der Waals surface area contributed by atoms with Crippen molar-refractivity contribution < 1.29 is 188 Å². The van der Waals surface area contributed by atoms with Crippen molar-refractivity contribution in [3.63, 3.8) is 0 Å². The molecule has 0 radical (unpaired) electrons. The summed E-state index contributed by atoms with van der Waals surface area (Å²) in [6.45, 7) is 5.06. The first kappa shape index (κ1) is 84.9. The monoisotopic (exact) mass is 1550 g/mol. The van der Waals surface area contributed by atoms with Crippen LogP contribution < -0.4 is 0 Å². The predicted molar refractivity (Wildman–Crippen MR) is 348 cm³/mol. The van der Waals surface area contributed by atoms with Crippen molar-refractivity contribution in [3.05, 3.63) is 0 Å². The number of methoxy groups -OCH3 is 1. The lowest BCUT2D eigenvalue weighted by Crippen LogP contribution is -2.69. The molecule has 0 aromatic rings. The van der Waals surface area contributed by atoms with Gasteiger partial charge in [-0.05, 0) is 105 Å². The Morgan fingerprint density at radius 1 is 0.430 bits per heavy atom. The first-order valence-electron chi connectivity index (χ1n) is 37.7. The molecule has 0 aromatic heterocycles. The fourth-order valence-corrected chi connectivity index (χ4v) is 20.1. The van der Waals surface area contributed by atoms with Crippen LogP contribution in [0.3, 0.4) is 0 Å². The van der Waals surface area contributed by atoms with Crippen LogP contribution in [-0.4, -0.2) is 399 Å². The van der Waals surface area contributed by atoms with Gasteiger partial charge in [-0.25, -0.2) is 0 Å². The van der Waals surface area contributed by atoms with Gasteiger partial charge in [0, 0.05) is 19.4 Å². The molecule has 12 aliphatic rings. The van der Waals surface area contributed by atoms with Crippen molar-refractivity contribution in [2.24, 2.45) is 52.3 Å². The molecule has 0 aromatic carbocycles. The number of ether oxygens (including phenoxy) is 16. The van der Waals surface area contributed by atoms with E-state index in [-0.39, 0.29) is 53.1 Å². The Bertz CT molecular complexity index is 2830. The molecule has 38 heteroatoms. The topological polar surface area (TPSA) is 593 Å². The Labute approximate surface area is 617 Å². The van der Waals surface area contributed by atoms with Crippen molar-refractivity contribution in [2.75, 3.05) is 53.4 Å². The van der Waals surface area contributed by atoms with Gasteiger partial charge >= 0.3 is 0 Å². The predicted octanol–water partition coefficient (Wildman–Crippen LogP) is -9.19. The number of aliphatic hydroxyl groups is 22. The SMILES string of the molecule is COC1(CC[C@@H](C)CO[C@@H]2O[C@H](CO)[C@@H](O)[C@H](O)[C@H]2O)O[C@H]2C[C@H]3[C@@H]4CC[C@H]5C[C@@H](O[C@@H]6O[C@H](CO)[C@H](O[C@@H]7O[C@H](CO)[C@@H](O)[C@H](O[C@@H]8OC[C@@H](O[C@@H]9O[C@@H](C)[C@H](O)[C@@H](O)[C@H]9O)[C@H](O[C@@H]9O[C@H](CO)[C@@H](O)[C@H](O)[C@H]9O)[C@H]8O)[C@H]7O[C@@H]7O[C@H](CO)[C@@H](O)[C@H](O)[C@H]7O)[C@H](O)[C@H]6O)[C@H](O)C[C@]5(C)[C@H]4CC[C@]3(C)[C@H]2[C@@H]1C. The molecule has 38 nitrogen and oxygen atoms in total. The van der Waals surface area contributed by atoms with Crippen LogP contribution in [-0.2, 0) is 75.8 Å². The summed E-state index contributed by atoms with van der Waals surface area (Å²) in [6.07, 6.45) is -58.4. The Morgan fingerprint density at radius 3 is 1.50 bits per heavy atom. The molecule has 1 unspecified atom stereocenters. The van der Waals surface area contributed by atoms with Crippen molar-refractivity contribution >= 4 is 0 Å². The molecule has 8 heterocycles. The molecule has 12 rings (SSSR count). The molecule has 4 aliphatic carbocycles. The highest BCUT2D eigenvalue weighted by Gasteiger charge is 2.70. The average Bonchev–Trinajstić information content (AvgIpc) is 1.54. The third-order valence-corrected chi connectivity index (χ3v) is 26.4. The molecule has 0 spiro atoms. The van der Waals surface area contributed by atoms with E-state index >= 15 is 0 Å². The summed E-state index contributed by atoms with van der Waals surface area (Å²) in [5.41, 5.74) is -0.445. The van der Waals surface area contributed by atoms with Crippen molar-refractivity contribution in [1.29, 1.82) is 0 Å². The second kappa shape index (κ2) is 34.3. The van der Waals surface area contributed by atoms with E-state index in [1.807, 2.05) is 6.92 Å². The summed E-state index contributed by atoms with van der Waals surface area (Å²) in [6, 6.07) is 0. The Hall–Kier alpha value is -1.52. The summed E-state index contributed by atoms with van der Waals surface area (Å²) in [4.78, 5) is 0. The zero-order valence-corrected chi connectivity index (χ0v) is 60.6. The van der Waals surface area contributed by atoms with Crippen LogP contribution in [0.15, 0.2) is 0 Å². The van der Waals surface area contributed by atoms with Gasteiger partial charge in [-0.1, -0.05) is 27.7 Å². The smallest absolute Gasteiger partial charge is 0.187 e. The maximum Gasteiger partial charge on any atom is 0.187 e. The minimum absolute atomic E-state index is 0.0114. The lowest BCUT2D eigenvalue weighted by atomic mass is 9.44. The van der Waals surface area contributed by atoms with Gasteiger partial charge in [-0.3, -0.25) is 0 Å². The number of hydrogen-bond donors (Lipinski definition) is 22. The number of aliphatic hydroxyl groups excluding tert-OH is 22. The molecule has 12 fully saturated rings. The Kier molecular flexibility index (Phi) is 27.2. The quantitative estimate of drug-likeness (QED) is 0.0399. The fraction of sp³-hybridized carbons (Fsp3) is 1.00. The number of rotatable bonds is 24. The largest absolute Gasteiger partial charge is 0.394 e. The standard InChI is InChI=1S/C69H116O38/c1-23(21-93-60-50(86)46(82)41(77)33(16-70)97-60)9-12-69(92-6)24(2)39-32(107-69)14-29-27-8-7-26-13-31(30(75)15-68(26,5)28(27)10-11-67(29,39)4)96-63-54(90)49(85)56(37(20-74)101-63)104-66-59(106-65-53(89)48(84)43(79)35(18-72)99-65)58(44(80)36(19-73)100-66)105-61-55(91)57(103-64-52(88)47(83)42(78)34(17-71)98-64)38(22-94-61)102-62-51(87)45(81)40(76)25(3)95-62/h23-66,70-91H,7-22H2,1-6H3/t23-,24+,25+,26+,27-,28+,29+,30-,31-,32+,33-,34-,35-,36-,37-,38-,39+,40+,41-,42-,43-,44-,45-,46+,47+,48+,49-,50-,51-,52-,53-,54-,55-,56+,57+,58+,59-,60-,61+,62+,63-,64+,65+,66+,67+,68+,69?/m1/s1. The summed E-state index contributed by atoms with van der Waals surface area (Å²) in [5.74, 6) is 0.125. The Morgan fingerprint density at radius 2 is 0.916 bits per heavy atom.